The van der Waals surface area contributed by atoms with Gasteiger partial charge in [-0.3, -0.25) is 4.68 Å². The Morgan fingerprint density at radius 3 is 2.75 bits per heavy atom. The van der Waals surface area contributed by atoms with E-state index in [4.69, 9.17) is 0 Å². The summed E-state index contributed by atoms with van der Waals surface area (Å²) in [5, 5.41) is 7.68. The van der Waals surface area contributed by atoms with Gasteiger partial charge in [-0.15, -0.1) is 0 Å². The number of aromatic nitrogens is 4. The molecule has 0 radical (unpaired) electrons. The standard InChI is InChI=1S/C11H17N5/c1-12-10(11-7-13-8-15(11)2)6-9-4-5-16(3)14-9/h4-5,7-8,10,12H,6H2,1-3H3. The molecule has 0 amide bonds. The van der Waals surface area contributed by atoms with E-state index in [1.165, 1.54) is 5.69 Å². The van der Waals surface area contributed by atoms with E-state index >= 15 is 0 Å². The minimum Gasteiger partial charge on any atom is -0.336 e. The summed E-state index contributed by atoms with van der Waals surface area (Å²) >= 11 is 0. The van der Waals surface area contributed by atoms with Crippen molar-refractivity contribution in [2.24, 2.45) is 14.1 Å². The van der Waals surface area contributed by atoms with Crippen LogP contribution >= 0.6 is 0 Å². The number of rotatable bonds is 4. The van der Waals surface area contributed by atoms with Crippen molar-refractivity contribution in [1.29, 1.82) is 0 Å². The van der Waals surface area contributed by atoms with Gasteiger partial charge >= 0.3 is 0 Å². The van der Waals surface area contributed by atoms with Crippen molar-refractivity contribution < 1.29 is 0 Å². The Bertz CT molecular complexity index is 456. The third kappa shape index (κ3) is 2.14. The lowest BCUT2D eigenvalue weighted by Crippen LogP contribution is -2.21. The quantitative estimate of drug-likeness (QED) is 0.821. The summed E-state index contributed by atoms with van der Waals surface area (Å²) in [6.45, 7) is 0. The van der Waals surface area contributed by atoms with E-state index in [9.17, 15) is 0 Å². The van der Waals surface area contributed by atoms with Gasteiger partial charge in [-0.1, -0.05) is 0 Å². The summed E-state index contributed by atoms with van der Waals surface area (Å²) in [6.07, 6.45) is 6.55. The van der Waals surface area contributed by atoms with Crippen LogP contribution < -0.4 is 5.32 Å². The molecule has 2 rings (SSSR count). The van der Waals surface area contributed by atoms with Gasteiger partial charge in [0, 0.05) is 32.9 Å². The van der Waals surface area contributed by atoms with Crippen LogP contribution in [-0.2, 0) is 20.5 Å². The zero-order valence-electron chi connectivity index (χ0n) is 9.88. The van der Waals surface area contributed by atoms with Crippen LogP contribution in [0, 0.1) is 0 Å². The predicted molar refractivity (Wildman–Crippen MR) is 61.9 cm³/mol. The molecule has 0 aliphatic rings. The molecule has 16 heavy (non-hydrogen) atoms. The van der Waals surface area contributed by atoms with Gasteiger partial charge in [0.25, 0.3) is 0 Å². The lowest BCUT2D eigenvalue weighted by molar-refractivity contribution is 0.544. The number of imidazole rings is 1. The van der Waals surface area contributed by atoms with Crippen LogP contribution in [0.1, 0.15) is 17.4 Å². The Hall–Kier alpha value is -1.62. The molecule has 1 unspecified atom stereocenters. The van der Waals surface area contributed by atoms with E-state index in [1.807, 2.05) is 55.2 Å². The number of aryl methyl sites for hydroxylation is 2. The Morgan fingerprint density at radius 1 is 1.44 bits per heavy atom. The molecule has 1 atom stereocenters. The van der Waals surface area contributed by atoms with E-state index in [2.05, 4.69) is 15.4 Å². The van der Waals surface area contributed by atoms with Crippen molar-refractivity contribution in [2.45, 2.75) is 12.5 Å². The molecular weight excluding hydrogens is 202 g/mol. The van der Waals surface area contributed by atoms with Crippen LogP contribution in [0.4, 0.5) is 0 Å². The molecule has 0 fully saturated rings. The summed E-state index contributed by atoms with van der Waals surface area (Å²) in [5.74, 6) is 0. The van der Waals surface area contributed by atoms with Gasteiger partial charge in [0.1, 0.15) is 0 Å². The molecule has 0 aliphatic carbocycles. The number of likely N-dealkylation sites (N-methyl/N-ethyl adjacent to an activating group) is 1. The molecule has 0 saturated carbocycles. The first-order valence-electron chi connectivity index (χ1n) is 5.32. The average molecular weight is 219 g/mol. The van der Waals surface area contributed by atoms with Crippen LogP contribution in [0.3, 0.4) is 0 Å². The minimum absolute atomic E-state index is 0.252. The van der Waals surface area contributed by atoms with Gasteiger partial charge in [0.05, 0.1) is 23.8 Å². The fraction of sp³-hybridized carbons (Fsp3) is 0.455. The lowest BCUT2D eigenvalue weighted by atomic mass is 10.1. The van der Waals surface area contributed by atoms with Gasteiger partial charge in [0.2, 0.25) is 0 Å². The first-order valence-corrected chi connectivity index (χ1v) is 5.32. The van der Waals surface area contributed by atoms with Gasteiger partial charge in [0.15, 0.2) is 0 Å². The Kier molecular flexibility index (Phi) is 3.05. The third-order valence-electron chi connectivity index (χ3n) is 2.74. The van der Waals surface area contributed by atoms with Gasteiger partial charge in [-0.25, -0.2) is 4.98 Å². The maximum Gasteiger partial charge on any atom is 0.0946 e. The Balaban J connectivity index is 2.15. The third-order valence-corrected chi connectivity index (χ3v) is 2.74. The minimum atomic E-state index is 0.252. The summed E-state index contributed by atoms with van der Waals surface area (Å²) in [6, 6.07) is 2.29. The number of hydrogen-bond donors (Lipinski definition) is 1. The largest absolute Gasteiger partial charge is 0.336 e. The topological polar surface area (TPSA) is 47.7 Å². The highest BCUT2D eigenvalue weighted by molar-refractivity contribution is 5.10. The molecule has 86 valence electrons. The van der Waals surface area contributed by atoms with E-state index in [0.717, 1.165) is 12.1 Å². The second-order valence-corrected chi connectivity index (χ2v) is 3.96. The molecule has 0 saturated heterocycles. The van der Waals surface area contributed by atoms with Crippen LogP contribution in [0.25, 0.3) is 0 Å². The van der Waals surface area contributed by atoms with Crippen LogP contribution in [0.2, 0.25) is 0 Å². The normalized spacial score (nSPS) is 12.9. The van der Waals surface area contributed by atoms with Crippen molar-refractivity contribution in [3.8, 4) is 0 Å². The number of nitrogens with zero attached hydrogens (tertiary/aromatic N) is 4. The SMILES string of the molecule is CNC(Cc1ccn(C)n1)c1cncn1C. The van der Waals surface area contributed by atoms with Crippen LogP contribution in [0.15, 0.2) is 24.8 Å². The zero-order valence-corrected chi connectivity index (χ0v) is 9.88. The van der Waals surface area contributed by atoms with Gasteiger partial charge in [-0.2, -0.15) is 5.10 Å². The summed E-state index contributed by atoms with van der Waals surface area (Å²) in [4.78, 5) is 4.13. The lowest BCUT2D eigenvalue weighted by Gasteiger charge is -2.15. The molecular formula is C11H17N5. The first kappa shape index (κ1) is 10.9. The van der Waals surface area contributed by atoms with E-state index in [1.54, 1.807) is 0 Å². The highest BCUT2D eigenvalue weighted by atomic mass is 15.2. The fourth-order valence-electron chi connectivity index (χ4n) is 1.84. The maximum absolute atomic E-state index is 4.38. The molecule has 0 spiro atoms. The van der Waals surface area contributed by atoms with E-state index in [0.29, 0.717) is 0 Å². The van der Waals surface area contributed by atoms with Crippen molar-refractivity contribution in [3.63, 3.8) is 0 Å². The van der Waals surface area contributed by atoms with E-state index < -0.39 is 0 Å². The maximum atomic E-state index is 4.38. The molecule has 1 N–H and O–H groups in total. The molecule has 0 aromatic carbocycles. The first-order chi connectivity index (χ1) is 7.70. The molecule has 2 heterocycles. The summed E-state index contributed by atoms with van der Waals surface area (Å²) in [5.41, 5.74) is 2.26. The smallest absolute Gasteiger partial charge is 0.0946 e. The Labute approximate surface area is 95.1 Å². The molecule has 0 aliphatic heterocycles. The second kappa shape index (κ2) is 4.49. The summed E-state index contributed by atoms with van der Waals surface area (Å²) < 4.78 is 3.86. The van der Waals surface area contributed by atoms with E-state index in [-0.39, 0.29) is 6.04 Å². The Morgan fingerprint density at radius 2 is 2.25 bits per heavy atom. The molecule has 2 aromatic heterocycles. The van der Waals surface area contributed by atoms with Crippen molar-refractivity contribution in [3.05, 3.63) is 36.2 Å². The predicted octanol–water partition coefficient (Wildman–Crippen LogP) is 0.657. The van der Waals surface area contributed by atoms with Gasteiger partial charge < -0.3 is 9.88 Å². The van der Waals surface area contributed by atoms with Crippen molar-refractivity contribution >= 4 is 0 Å². The van der Waals surface area contributed by atoms with Crippen molar-refractivity contribution in [2.75, 3.05) is 7.05 Å². The fourth-order valence-corrected chi connectivity index (χ4v) is 1.84. The van der Waals surface area contributed by atoms with Crippen molar-refractivity contribution in [1.82, 2.24) is 24.6 Å². The zero-order chi connectivity index (χ0) is 11.5. The molecule has 0 bridgehead atoms. The number of hydrogen-bond acceptors (Lipinski definition) is 3. The highest BCUT2D eigenvalue weighted by Gasteiger charge is 2.14. The molecule has 5 heteroatoms. The average Bonchev–Trinajstić information content (AvgIpc) is 2.84. The number of nitrogens with one attached hydrogen (secondary N) is 1. The monoisotopic (exact) mass is 219 g/mol. The second-order valence-electron chi connectivity index (χ2n) is 3.96. The highest BCUT2D eigenvalue weighted by Crippen LogP contribution is 2.15. The van der Waals surface area contributed by atoms with Gasteiger partial charge in [-0.05, 0) is 13.1 Å². The summed E-state index contributed by atoms with van der Waals surface area (Å²) in [7, 11) is 5.90. The van der Waals surface area contributed by atoms with Crippen LogP contribution in [-0.4, -0.2) is 26.4 Å². The van der Waals surface area contributed by atoms with Crippen LogP contribution in [0.5, 0.6) is 0 Å². The molecule has 5 nitrogen and oxygen atoms in total. The molecule has 2 aromatic rings.